The van der Waals surface area contributed by atoms with E-state index in [-0.39, 0.29) is 17.2 Å². The first-order valence-electron chi connectivity index (χ1n) is 13.9. The molecule has 4 nitrogen and oxygen atoms in total. The molecule has 190 valence electrons. The largest absolute Gasteiger partial charge is 0.454 e. The molecular weight excluding hydrogens is 448 g/mol. The minimum Gasteiger partial charge on any atom is -0.454 e. The van der Waals surface area contributed by atoms with Crippen LogP contribution in [0.25, 0.3) is 0 Å². The number of Topliss-reactive ketones (excluding diaryl/α,β-unsaturated/α-hetero) is 1. The van der Waals surface area contributed by atoms with Gasteiger partial charge in [0.25, 0.3) is 0 Å². The molecule has 0 heterocycles. The Hall–Kier alpha value is -1.16. The molecule has 4 aliphatic rings. The molecule has 0 saturated heterocycles. The van der Waals surface area contributed by atoms with Gasteiger partial charge in [0.1, 0.15) is 5.78 Å². The van der Waals surface area contributed by atoms with Gasteiger partial charge in [-0.3, -0.25) is 14.4 Å². The normalized spacial score (nSPS) is 37.0. The molecule has 34 heavy (non-hydrogen) atoms. The van der Waals surface area contributed by atoms with E-state index >= 15 is 0 Å². The number of allylic oxidation sites excluding steroid dienone is 1. The van der Waals surface area contributed by atoms with Crippen LogP contribution in [-0.4, -0.2) is 29.5 Å². The third-order valence-corrected chi connectivity index (χ3v) is 10.0. The van der Waals surface area contributed by atoms with Crippen molar-refractivity contribution < 1.29 is 19.1 Å². The Morgan fingerprint density at radius 3 is 2.50 bits per heavy atom. The molecule has 5 heteroatoms. The van der Waals surface area contributed by atoms with Crippen LogP contribution in [0.2, 0.25) is 0 Å². The van der Waals surface area contributed by atoms with Gasteiger partial charge in [-0.15, -0.1) is 11.6 Å². The molecule has 0 aromatic heterocycles. The second-order valence-electron chi connectivity index (χ2n) is 11.7. The molecule has 0 spiro atoms. The lowest BCUT2D eigenvalue weighted by Gasteiger charge is -2.55. The maximum atomic E-state index is 12.9. The summed E-state index contributed by atoms with van der Waals surface area (Å²) in [5, 5.41) is 0. The lowest BCUT2D eigenvalue weighted by Crippen LogP contribution is -2.51. The standard InChI is InChI=1S/C29H43ClO4/c1-19(31)34-26-18-23-21(17-25(26)32)16-20(10-8-6-4-3-5-7-9-15-30)28-22(23)13-14-29(2)24(28)11-12-27(29)33/h17,20,22-24,26,28H,3-16,18H2,1-2H3/t20-,22-,23+,24+,26?,28-,29+/m1/s1. The van der Waals surface area contributed by atoms with E-state index < -0.39 is 6.10 Å². The van der Waals surface area contributed by atoms with Gasteiger partial charge in [0.05, 0.1) is 0 Å². The molecule has 0 aromatic carbocycles. The van der Waals surface area contributed by atoms with Crippen LogP contribution in [0.5, 0.6) is 0 Å². The SMILES string of the molecule is CC(=O)OC1C[C@H]2C(=CC1=O)C[C@@H](CCCCCCCCCCl)[C@@H]1[C@@H]2CC[C@]2(C)C(=O)CC[C@@H]12. The number of carbonyl (C=O) groups is 3. The van der Waals surface area contributed by atoms with Gasteiger partial charge in [-0.2, -0.15) is 0 Å². The number of ether oxygens (including phenoxy) is 1. The summed E-state index contributed by atoms with van der Waals surface area (Å²) in [6.07, 6.45) is 16.6. The average molecular weight is 491 g/mol. The molecule has 3 saturated carbocycles. The number of hydrogen-bond donors (Lipinski definition) is 0. The molecule has 3 fully saturated rings. The van der Waals surface area contributed by atoms with Gasteiger partial charge >= 0.3 is 5.97 Å². The van der Waals surface area contributed by atoms with Gasteiger partial charge in [-0.25, -0.2) is 0 Å². The molecule has 4 aliphatic carbocycles. The predicted octanol–water partition coefficient (Wildman–Crippen LogP) is 6.82. The van der Waals surface area contributed by atoms with E-state index in [4.69, 9.17) is 16.3 Å². The highest BCUT2D eigenvalue weighted by Gasteiger charge is 2.58. The van der Waals surface area contributed by atoms with Crippen molar-refractivity contribution in [3.05, 3.63) is 11.6 Å². The maximum absolute atomic E-state index is 12.9. The highest BCUT2D eigenvalue weighted by molar-refractivity contribution is 6.17. The lowest BCUT2D eigenvalue weighted by atomic mass is 9.49. The van der Waals surface area contributed by atoms with Crippen molar-refractivity contribution in [2.75, 3.05) is 5.88 Å². The minimum absolute atomic E-state index is 0.0349. The fraction of sp³-hybridized carbons (Fsp3) is 0.828. The summed E-state index contributed by atoms with van der Waals surface area (Å²) in [6.45, 7) is 3.62. The predicted molar refractivity (Wildman–Crippen MR) is 135 cm³/mol. The van der Waals surface area contributed by atoms with Crippen LogP contribution in [0.1, 0.15) is 104 Å². The summed E-state index contributed by atoms with van der Waals surface area (Å²) in [5.74, 6) is 3.28. The summed E-state index contributed by atoms with van der Waals surface area (Å²) >= 11 is 5.78. The highest BCUT2D eigenvalue weighted by atomic mass is 35.5. The molecule has 0 aromatic rings. The first kappa shape index (κ1) is 25.9. The Balaban J connectivity index is 1.46. The first-order valence-corrected chi connectivity index (χ1v) is 14.4. The zero-order valence-electron chi connectivity index (χ0n) is 21.2. The molecule has 0 radical (unpaired) electrons. The van der Waals surface area contributed by atoms with Crippen molar-refractivity contribution in [1.82, 2.24) is 0 Å². The Kier molecular flexibility index (Phi) is 8.59. The first-order chi connectivity index (χ1) is 16.3. The number of halogens is 1. The second-order valence-corrected chi connectivity index (χ2v) is 12.1. The average Bonchev–Trinajstić information content (AvgIpc) is 3.10. The van der Waals surface area contributed by atoms with E-state index in [1.807, 2.05) is 6.08 Å². The van der Waals surface area contributed by atoms with E-state index in [2.05, 4.69) is 6.92 Å². The topological polar surface area (TPSA) is 60.4 Å². The van der Waals surface area contributed by atoms with Crippen LogP contribution in [0.4, 0.5) is 0 Å². The quantitative estimate of drug-likeness (QED) is 0.191. The van der Waals surface area contributed by atoms with Crippen molar-refractivity contribution in [2.24, 2.45) is 35.0 Å². The Morgan fingerprint density at radius 1 is 1.09 bits per heavy atom. The van der Waals surface area contributed by atoms with Crippen molar-refractivity contribution in [3.63, 3.8) is 0 Å². The number of ketones is 2. The Morgan fingerprint density at radius 2 is 1.79 bits per heavy atom. The van der Waals surface area contributed by atoms with Crippen LogP contribution >= 0.6 is 11.6 Å². The van der Waals surface area contributed by atoms with E-state index in [0.717, 1.165) is 44.4 Å². The summed E-state index contributed by atoms with van der Waals surface area (Å²) in [7, 11) is 0. The van der Waals surface area contributed by atoms with E-state index in [9.17, 15) is 14.4 Å². The smallest absolute Gasteiger partial charge is 0.303 e. The van der Waals surface area contributed by atoms with Crippen LogP contribution in [-0.2, 0) is 19.1 Å². The summed E-state index contributed by atoms with van der Waals surface area (Å²) in [5.41, 5.74) is 1.15. The summed E-state index contributed by atoms with van der Waals surface area (Å²) in [6, 6.07) is 0. The van der Waals surface area contributed by atoms with Crippen molar-refractivity contribution in [2.45, 2.75) is 110 Å². The maximum Gasteiger partial charge on any atom is 0.303 e. The summed E-state index contributed by atoms with van der Waals surface area (Å²) < 4.78 is 5.41. The van der Waals surface area contributed by atoms with Crippen LogP contribution < -0.4 is 0 Å². The Labute approximate surface area is 210 Å². The lowest BCUT2D eigenvalue weighted by molar-refractivity contribution is -0.154. The van der Waals surface area contributed by atoms with Gasteiger partial charge in [0.15, 0.2) is 11.9 Å². The van der Waals surface area contributed by atoms with Gasteiger partial charge in [0.2, 0.25) is 0 Å². The number of esters is 1. The van der Waals surface area contributed by atoms with Crippen LogP contribution in [0.3, 0.4) is 0 Å². The number of alkyl halides is 1. The number of carbonyl (C=O) groups excluding carboxylic acids is 3. The zero-order valence-corrected chi connectivity index (χ0v) is 21.9. The van der Waals surface area contributed by atoms with Gasteiger partial charge < -0.3 is 4.74 Å². The summed E-state index contributed by atoms with van der Waals surface area (Å²) in [4.78, 5) is 37.2. The molecule has 0 amide bonds. The fourth-order valence-electron chi connectivity index (χ4n) is 8.11. The Bertz CT molecular complexity index is 804. The zero-order chi connectivity index (χ0) is 24.3. The molecule has 4 rings (SSSR count). The third kappa shape index (κ3) is 5.32. The molecule has 7 atom stereocenters. The monoisotopic (exact) mass is 490 g/mol. The molecule has 1 unspecified atom stereocenters. The van der Waals surface area contributed by atoms with Crippen molar-refractivity contribution >= 4 is 29.1 Å². The molecular formula is C29H43ClO4. The van der Waals surface area contributed by atoms with Crippen LogP contribution in [0, 0.1) is 35.0 Å². The minimum atomic E-state index is -0.624. The van der Waals surface area contributed by atoms with E-state index in [1.54, 1.807) is 0 Å². The van der Waals surface area contributed by atoms with Crippen molar-refractivity contribution in [3.8, 4) is 0 Å². The van der Waals surface area contributed by atoms with E-state index in [1.165, 1.54) is 57.4 Å². The number of rotatable bonds is 10. The molecule has 0 aliphatic heterocycles. The second kappa shape index (κ2) is 11.3. The van der Waals surface area contributed by atoms with E-state index in [0.29, 0.717) is 41.8 Å². The van der Waals surface area contributed by atoms with Crippen LogP contribution in [0.15, 0.2) is 11.6 Å². The third-order valence-electron chi connectivity index (χ3n) is 9.76. The van der Waals surface area contributed by atoms with Gasteiger partial charge in [0, 0.05) is 24.6 Å². The molecule has 0 N–H and O–H groups in total. The number of hydrogen-bond acceptors (Lipinski definition) is 4. The molecule has 0 bridgehead atoms. The van der Waals surface area contributed by atoms with Gasteiger partial charge in [-0.05, 0) is 80.6 Å². The number of fused-ring (bicyclic) bond motifs is 5. The number of unbranched alkanes of at least 4 members (excludes halogenated alkanes) is 6. The highest BCUT2D eigenvalue weighted by Crippen LogP contribution is 2.62. The van der Waals surface area contributed by atoms with Crippen molar-refractivity contribution in [1.29, 1.82) is 0 Å². The fourth-order valence-corrected chi connectivity index (χ4v) is 8.30. The van der Waals surface area contributed by atoms with Gasteiger partial charge in [-0.1, -0.05) is 51.0 Å².